The largest absolute Gasteiger partial charge is 0.462 e. The van der Waals surface area contributed by atoms with Crippen LogP contribution in [0.25, 0.3) is 0 Å². The minimum atomic E-state index is -0.802. The van der Waals surface area contributed by atoms with Gasteiger partial charge in [0.1, 0.15) is 13.2 Å². The molecule has 0 saturated heterocycles. The Hall–Kier alpha value is -3.41. The molecule has 0 aromatic rings. The van der Waals surface area contributed by atoms with Crippen molar-refractivity contribution in [3.8, 4) is 0 Å². The lowest BCUT2D eigenvalue weighted by molar-refractivity contribution is -0.167. The van der Waals surface area contributed by atoms with Crippen LogP contribution in [0, 0.1) is 0 Å². The topological polar surface area (TPSA) is 78.9 Å². The van der Waals surface area contributed by atoms with E-state index in [1.54, 1.807) is 0 Å². The summed E-state index contributed by atoms with van der Waals surface area (Å²) < 4.78 is 16.9. The van der Waals surface area contributed by atoms with Crippen molar-refractivity contribution < 1.29 is 28.6 Å². The van der Waals surface area contributed by atoms with Crippen LogP contribution in [0.4, 0.5) is 0 Å². The number of rotatable bonds is 58. The average Bonchev–Trinajstić information content (AvgIpc) is 3.41. The highest BCUT2D eigenvalue weighted by molar-refractivity contribution is 5.71. The maximum Gasteiger partial charge on any atom is 0.306 e. The number of esters is 3. The van der Waals surface area contributed by atoms with Crippen molar-refractivity contribution in [1.82, 2.24) is 0 Å². The lowest BCUT2D eigenvalue weighted by atomic mass is 10.0. The summed E-state index contributed by atoms with van der Waals surface area (Å²) in [6.07, 6.45) is 83.1. The third-order valence-corrected chi connectivity index (χ3v) is 13.9. The maximum atomic E-state index is 12.9. The van der Waals surface area contributed by atoms with Gasteiger partial charge in [-0.2, -0.15) is 0 Å². The molecule has 0 aliphatic carbocycles. The van der Waals surface area contributed by atoms with Gasteiger partial charge in [0.15, 0.2) is 6.10 Å². The van der Waals surface area contributed by atoms with E-state index in [-0.39, 0.29) is 37.5 Å². The fourth-order valence-electron chi connectivity index (χ4n) is 9.06. The number of hydrogen-bond acceptors (Lipinski definition) is 6. The van der Waals surface area contributed by atoms with E-state index in [1.165, 1.54) is 193 Å². The van der Waals surface area contributed by atoms with Crippen LogP contribution in [-0.4, -0.2) is 37.2 Å². The Kier molecular flexibility index (Phi) is 60.3. The standard InChI is InChI=1S/C69H120O6/c1-4-7-10-13-16-19-22-25-28-31-33-34-36-39-42-45-48-51-54-57-60-63-69(72)75-66(64-73-67(70)61-58-55-52-49-46-43-40-37-30-27-24-21-18-15-12-9-6-3)65-74-68(71)62-59-56-53-50-47-44-41-38-35-32-29-26-23-20-17-14-11-8-5-2/h9,12,18,21,25-30,40,43,49,52,66H,4-8,10-11,13-17,19-20,22-24,31-39,41-42,44-48,50-51,53-65H2,1-3H3/b12-9-,21-18-,28-25-,29-26-,30-27-,43-40-,52-49-/t66-/m1/s1. The van der Waals surface area contributed by atoms with E-state index in [1.807, 2.05) is 0 Å². The highest BCUT2D eigenvalue weighted by Gasteiger charge is 2.19. The first-order valence-corrected chi connectivity index (χ1v) is 32.1. The molecule has 0 radical (unpaired) electrons. The van der Waals surface area contributed by atoms with E-state index in [2.05, 4.69) is 106 Å². The first kappa shape index (κ1) is 71.6. The van der Waals surface area contributed by atoms with Crippen LogP contribution in [0.2, 0.25) is 0 Å². The molecule has 0 aromatic heterocycles. The third kappa shape index (κ3) is 61.3. The molecule has 0 rings (SSSR count). The molecule has 0 unspecified atom stereocenters. The number of unbranched alkanes of at least 4 members (excludes halogenated alkanes) is 33. The molecule has 75 heavy (non-hydrogen) atoms. The van der Waals surface area contributed by atoms with Crippen LogP contribution in [0.5, 0.6) is 0 Å². The Bertz CT molecular complexity index is 1430. The Morgan fingerprint density at radius 2 is 0.533 bits per heavy atom. The van der Waals surface area contributed by atoms with Gasteiger partial charge in [0.05, 0.1) is 0 Å². The van der Waals surface area contributed by atoms with E-state index in [0.717, 1.165) is 77.0 Å². The van der Waals surface area contributed by atoms with Crippen LogP contribution in [-0.2, 0) is 28.6 Å². The minimum Gasteiger partial charge on any atom is -0.462 e. The van der Waals surface area contributed by atoms with E-state index >= 15 is 0 Å². The zero-order valence-corrected chi connectivity index (χ0v) is 49.6. The van der Waals surface area contributed by atoms with Gasteiger partial charge in [-0.1, -0.05) is 273 Å². The molecule has 0 saturated carbocycles. The van der Waals surface area contributed by atoms with Gasteiger partial charge in [0.25, 0.3) is 0 Å². The Balaban J connectivity index is 4.43. The number of carbonyl (C=O) groups is 3. The van der Waals surface area contributed by atoms with E-state index < -0.39 is 6.10 Å². The molecule has 0 amide bonds. The quantitative estimate of drug-likeness (QED) is 0.0261. The summed E-state index contributed by atoms with van der Waals surface area (Å²) in [6, 6.07) is 0. The Labute approximate surface area is 465 Å². The third-order valence-electron chi connectivity index (χ3n) is 13.9. The van der Waals surface area contributed by atoms with Gasteiger partial charge in [0, 0.05) is 19.3 Å². The Morgan fingerprint density at radius 3 is 0.880 bits per heavy atom. The smallest absolute Gasteiger partial charge is 0.306 e. The number of hydrogen-bond donors (Lipinski definition) is 0. The lowest BCUT2D eigenvalue weighted by Crippen LogP contribution is -2.30. The van der Waals surface area contributed by atoms with E-state index in [4.69, 9.17) is 14.2 Å². The summed E-state index contributed by atoms with van der Waals surface area (Å²) in [5.41, 5.74) is 0. The molecule has 0 fully saturated rings. The second-order valence-corrected chi connectivity index (χ2v) is 21.3. The van der Waals surface area contributed by atoms with Gasteiger partial charge in [-0.25, -0.2) is 0 Å². The van der Waals surface area contributed by atoms with Crippen molar-refractivity contribution >= 4 is 17.9 Å². The second-order valence-electron chi connectivity index (χ2n) is 21.3. The highest BCUT2D eigenvalue weighted by atomic mass is 16.6. The molecule has 0 bridgehead atoms. The molecule has 432 valence electrons. The van der Waals surface area contributed by atoms with Gasteiger partial charge in [0.2, 0.25) is 0 Å². The molecular formula is C69H120O6. The number of ether oxygens (including phenoxy) is 3. The van der Waals surface area contributed by atoms with Gasteiger partial charge in [-0.05, 0) is 109 Å². The molecule has 0 aromatic carbocycles. The normalized spacial score (nSPS) is 12.6. The van der Waals surface area contributed by atoms with Gasteiger partial charge < -0.3 is 14.2 Å². The summed E-state index contributed by atoms with van der Waals surface area (Å²) in [5, 5.41) is 0. The molecule has 1 atom stereocenters. The second kappa shape index (κ2) is 63.1. The monoisotopic (exact) mass is 1040 g/mol. The molecule has 0 N–H and O–H groups in total. The predicted molar refractivity (Wildman–Crippen MR) is 325 cm³/mol. The van der Waals surface area contributed by atoms with Crippen LogP contribution in [0.1, 0.15) is 316 Å². The maximum absolute atomic E-state index is 12.9. The molecule has 0 aliphatic rings. The fourth-order valence-corrected chi connectivity index (χ4v) is 9.06. The first-order valence-electron chi connectivity index (χ1n) is 32.1. The van der Waals surface area contributed by atoms with Gasteiger partial charge in [-0.3, -0.25) is 14.4 Å². The molecule has 0 aliphatic heterocycles. The SMILES string of the molecule is CC/C=C\C/C=C\C/C=C\C/C=C\C/C=C\CCCC(=O)OC[C@H](COC(=O)CCCCCCCCCCC/C=C\CCCCCCCC)OC(=O)CCCCCCCCCCCCC/C=C\CCCCCCCC. The lowest BCUT2D eigenvalue weighted by Gasteiger charge is -2.18. The fraction of sp³-hybridized carbons (Fsp3) is 0.754. The zero-order valence-electron chi connectivity index (χ0n) is 49.6. The molecule has 6 heteroatoms. The van der Waals surface area contributed by atoms with E-state index in [0.29, 0.717) is 19.3 Å². The molecule has 0 spiro atoms. The van der Waals surface area contributed by atoms with Crippen molar-refractivity contribution in [2.75, 3.05) is 13.2 Å². The Morgan fingerprint density at radius 1 is 0.280 bits per heavy atom. The van der Waals surface area contributed by atoms with Crippen molar-refractivity contribution in [2.24, 2.45) is 0 Å². The molecule has 0 heterocycles. The summed E-state index contributed by atoms with van der Waals surface area (Å²) in [7, 11) is 0. The molecular weight excluding hydrogens is 925 g/mol. The van der Waals surface area contributed by atoms with Crippen LogP contribution >= 0.6 is 0 Å². The van der Waals surface area contributed by atoms with Crippen LogP contribution in [0.15, 0.2) is 85.1 Å². The number of carbonyl (C=O) groups excluding carboxylic acids is 3. The summed E-state index contributed by atoms with van der Waals surface area (Å²) in [4.78, 5) is 38.3. The van der Waals surface area contributed by atoms with Crippen LogP contribution < -0.4 is 0 Å². The van der Waals surface area contributed by atoms with Crippen molar-refractivity contribution in [2.45, 2.75) is 322 Å². The minimum absolute atomic E-state index is 0.0941. The van der Waals surface area contributed by atoms with Crippen LogP contribution in [0.3, 0.4) is 0 Å². The van der Waals surface area contributed by atoms with Crippen molar-refractivity contribution in [1.29, 1.82) is 0 Å². The van der Waals surface area contributed by atoms with Gasteiger partial charge in [-0.15, -0.1) is 0 Å². The van der Waals surface area contributed by atoms with E-state index in [9.17, 15) is 14.4 Å². The first-order chi connectivity index (χ1) is 37.0. The predicted octanol–water partition coefficient (Wildman–Crippen LogP) is 21.9. The van der Waals surface area contributed by atoms with Crippen molar-refractivity contribution in [3.63, 3.8) is 0 Å². The summed E-state index contributed by atoms with van der Waals surface area (Å²) >= 11 is 0. The number of allylic oxidation sites excluding steroid dienone is 14. The summed E-state index contributed by atoms with van der Waals surface area (Å²) in [5.74, 6) is -0.945. The molecule has 6 nitrogen and oxygen atoms in total. The van der Waals surface area contributed by atoms with Gasteiger partial charge >= 0.3 is 17.9 Å². The summed E-state index contributed by atoms with van der Waals surface area (Å²) in [6.45, 7) is 6.50. The highest BCUT2D eigenvalue weighted by Crippen LogP contribution is 2.16. The van der Waals surface area contributed by atoms with Crippen molar-refractivity contribution in [3.05, 3.63) is 85.1 Å². The zero-order chi connectivity index (χ0) is 54.3. The average molecular weight is 1050 g/mol.